The lowest BCUT2D eigenvalue weighted by molar-refractivity contribution is -0.126. The Labute approximate surface area is 104 Å². The molecule has 1 aliphatic carbocycles. The summed E-state index contributed by atoms with van der Waals surface area (Å²) in [6.07, 6.45) is 2.06. The van der Waals surface area contributed by atoms with Crippen molar-refractivity contribution in [2.24, 2.45) is 11.3 Å². The van der Waals surface area contributed by atoms with E-state index in [0.29, 0.717) is 12.8 Å². The van der Waals surface area contributed by atoms with Gasteiger partial charge in [-0.25, -0.2) is 0 Å². The molecule has 1 saturated carbocycles. The van der Waals surface area contributed by atoms with Gasteiger partial charge in [-0.05, 0) is 32.1 Å². The zero-order valence-electron chi connectivity index (χ0n) is 11.5. The minimum atomic E-state index is -0.317. The van der Waals surface area contributed by atoms with Gasteiger partial charge in [0.2, 0.25) is 11.8 Å². The maximum absolute atomic E-state index is 11.9. The molecule has 0 aromatic rings. The molecule has 2 amide bonds. The number of nitrogens with one attached hydrogen (secondary N) is 2. The Morgan fingerprint density at radius 1 is 1.35 bits per heavy atom. The fourth-order valence-corrected chi connectivity index (χ4v) is 1.95. The molecule has 1 aliphatic rings. The van der Waals surface area contributed by atoms with Crippen LogP contribution in [0.2, 0.25) is 0 Å². The number of amides is 2. The third-order valence-electron chi connectivity index (χ3n) is 3.55. The van der Waals surface area contributed by atoms with E-state index in [2.05, 4.69) is 24.5 Å². The van der Waals surface area contributed by atoms with Gasteiger partial charge >= 0.3 is 0 Å². The van der Waals surface area contributed by atoms with Gasteiger partial charge in [0.15, 0.2) is 0 Å². The van der Waals surface area contributed by atoms with Gasteiger partial charge < -0.3 is 10.6 Å². The molecule has 1 rings (SSSR count). The van der Waals surface area contributed by atoms with Crippen LogP contribution in [0.5, 0.6) is 0 Å². The zero-order valence-corrected chi connectivity index (χ0v) is 11.5. The van der Waals surface area contributed by atoms with Gasteiger partial charge in [0.05, 0.1) is 0 Å². The van der Waals surface area contributed by atoms with Gasteiger partial charge in [-0.3, -0.25) is 9.59 Å². The molecule has 4 heteroatoms. The summed E-state index contributed by atoms with van der Waals surface area (Å²) in [6.45, 7) is 8.13. The molecule has 1 atom stereocenters. The van der Waals surface area contributed by atoms with Gasteiger partial charge in [-0.2, -0.15) is 0 Å². The average molecular weight is 240 g/mol. The van der Waals surface area contributed by atoms with Crippen molar-refractivity contribution in [1.82, 2.24) is 10.6 Å². The molecule has 0 aromatic carbocycles. The molecule has 4 nitrogen and oxygen atoms in total. The van der Waals surface area contributed by atoms with Crippen molar-refractivity contribution in [3.8, 4) is 0 Å². The van der Waals surface area contributed by atoms with Gasteiger partial charge in [0, 0.05) is 24.9 Å². The maximum Gasteiger partial charge on any atom is 0.224 e. The third kappa shape index (κ3) is 4.02. The first kappa shape index (κ1) is 14.0. The number of hydrogen-bond acceptors (Lipinski definition) is 2. The summed E-state index contributed by atoms with van der Waals surface area (Å²) in [6, 6.07) is 0. The molecule has 0 saturated heterocycles. The second-order valence-corrected chi connectivity index (χ2v) is 6.29. The molecular weight excluding hydrogens is 216 g/mol. The Bertz CT molecular complexity index is 321. The van der Waals surface area contributed by atoms with E-state index in [1.165, 1.54) is 0 Å². The van der Waals surface area contributed by atoms with Crippen molar-refractivity contribution < 1.29 is 9.59 Å². The SMILES string of the molecule is CNC(=O)CCC(C)(C)NC(=O)C1CC1(C)C. The van der Waals surface area contributed by atoms with Gasteiger partial charge in [0.25, 0.3) is 0 Å². The lowest BCUT2D eigenvalue weighted by Gasteiger charge is -2.26. The van der Waals surface area contributed by atoms with E-state index in [1.54, 1.807) is 7.05 Å². The van der Waals surface area contributed by atoms with Gasteiger partial charge in [-0.15, -0.1) is 0 Å². The molecule has 1 unspecified atom stereocenters. The minimum absolute atomic E-state index is 0.0130. The predicted molar refractivity (Wildman–Crippen MR) is 67.4 cm³/mol. The molecule has 0 aromatic heterocycles. The quantitative estimate of drug-likeness (QED) is 0.764. The highest BCUT2D eigenvalue weighted by atomic mass is 16.2. The van der Waals surface area contributed by atoms with Crippen molar-refractivity contribution in [2.45, 2.75) is 52.5 Å². The first-order valence-electron chi connectivity index (χ1n) is 6.20. The van der Waals surface area contributed by atoms with Crippen LogP contribution in [0.4, 0.5) is 0 Å². The number of hydrogen-bond donors (Lipinski definition) is 2. The molecule has 0 radical (unpaired) electrons. The Balaban J connectivity index is 2.38. The number of carbonyl (C=O) groups is 2. The van der Waals surface area contributed by atoms with Crippen molar-refractivity contribution in [1.29, 1.82) is 0 Å². The first-order valence-corrected chi connectivity index (χ1v) is 6.20. The molecule has 2 N–H and O–H groups in total. The maximum atomic E-state index is 11.9. The highest BCUT2D eigenvalue weighted by molar-refractivity contribution is 5.83. The number of carbonyl (C=O) groups excluding carboxylic acids is 2. The second-order valence-electron chi connectivity index (χ2n) is 6.29. The van der Waals surface area contributed by atoms with Crippen molar-refractivity contribution in [2.75, 3.05) is 7.05 Å². The highest BCUT2D eigenvalue weighted by Crippen LogP contribution is 2.51. The van der Waals surface area contributed by atoms with Crippen molar-refractivity contribution >= 4 is 11.8 Å². The number of rotatable bonds is 5. The van der Waals surface area contributed by atoms with Crippen molar-refractivity contribution in [3.05, 3.63) is 0 Å². The van der Waals surface area contributed by atoms with E-state index in [0.717, 1.165) is 6.42 Å². The fourth-order valence-electron chi connectivity index (χ4n) is 1.95. The van der Waals surface area contributed by atoms with E-state index >= 15 is 0 Å². The Morgan fingerprint density at radius 2 is 1.88 bits per heavy atom. The Kier molecular flexibility index (Phi) is 3.84. The van der Waals surface area contributed by atoms with Crippen LogP contribution in [0.25, 0.3) is 0 Å². The highest BCUT2D eigenvalue weighted by Gasteiger charge is 2.51. The minimum Gasteiger partial charge on any atom is -0.359 e. The van der Waals surface area contributed by atoms with Crippen LogP contribution in [-0.4, -0.2) is 24.4 Å². The molecule has 1 fully saturated rings. The largest absolute Gasteiger partial charge is 0.359 e. The third-order valence-corrected chi connectivity index (χ3v) is 3.55. The van der Waals surface area contributed by atoms with Crippen molar-refractivity contribution in [3.63, 3.8) is 0 Å². The Morgan fingerprint density at radius 3 is 2.29 bits per heavy atom. The lowest BCUT2D eigenvalue weighted by atomic mass is 9.97. The molecular formula is C13H24N2O2. The average Bonchev–Trinajstić information content (AvgIpc) is 2.84. The molecule has 0 aliphatic heterocycles. The molecule has 98 valence electrons. The zero-order chi connectivity index (χ0) is 13.3. The standard InChI is InChI=1S/C13H24N2O2/c1-12(2)8-9(12)11(17)15-13(3,4)7-6-10(16)14-5/h9H,6-8H2,1-5H3,(H,14,16)(H,15,17). The van der Waals surface area contributed by atoms with E-state index in [1.807, 2.05) is 13.8 Å². The predicted octanol–water partition coefficient (Wildman–Crippen LogP) is 1.45. The van der Waals surface area contributed by atoms with Gasteiger partial charge in [-0.1, -0.05) is 13.8 Å². The summed E-state index contributed by atoms with van der Waals surface area (Å²) < 4.78 is 0. The fraction of sp³-hybridized carbons (Fsp3) is 0.846. The monoisotopic (exact) mass is 240 g/mol. The smallest absolute Gasteiger partial charge is 0.224 e. The second kappa shape index (κ2) is 4.67. The van der Waals surface area contributed by atoms with Crippen LogP contribution in [0.15, 0.2) is 0 Å². The normalized spacial score (nSPS) is 21.8. The first-order chi connectivity index (χ1) is 7.68. The van der Waals surface area contributed by atoms with Crippen LogP contribution in [0, 0.1) is 11.3 Å². The molecule has 0 bridgehead atoms. The summed E-state index contributed by atoms with van der Waals surface area (Å²) in [7, 11) is 1.63. The summed E-state index contributed by atoms with van der Waals surface area (Å²) in [5.74, 6) is 0.276. The van der Waals surface area contributed by atoms with E-state index in [-0.39, 0.29) is 28.7 Å². The molecule has 17 heavy (non-hydrogen) atoms. The van der Waals surface area contributed by atoms with Crippen LogP contribution in [0.1, 0.15) is 47.0 Å². The summed E-state index contributed by atoms with van der Waals surface area (Å²) >= 11 is 0. The summed E-state index contributed by atoms with van der Waals surface area (Å²) in [5.41, 5.74) is -0.163. The van der Waals surface area contributed by atoms with E-state index in [4.69, 9.17) is 0 Å². The summed E-state index contributed by atoms with van der Waals surface area (Å²) in [4.78, 5) is 23.1. The molecule has 0 spiro atoms. The summed E-state index contributed by atoms with van der Waals surface area (Å²) in [5, 5.41) is 5.62. The van der Waals surface area contributed by atoms with Crippen LogP contribution in [0.3, 0.4) is 0 Å². The van der Waals surface area contributed by atoms with Gasteiger partial charge in [0.1, 0.15) is 0 Å². The topological polar surface area (TPSA) is 58.2 Å². The lowest BCUT2D eigenvalue weighted by Crippen LogP contribution is -2.45. The Hall–Kier alpha value is -1.06. The van der Waals surface area contributed by atoms with Crippen LogP contribution >= 0.6 is 0 Å². The molecule has 0 heterocycles. The van der Waals surface area contributed by atoms with E-state index < -0.39 is 0 Å². The van der Waals surface area contributed by atoms with Crippen LogP contribution < -0.4 is 10.6 Å². The van der Waals surface area contributed by atoms with Crippen LogP contribution in [-0.2, 0) is 9.59 Å². The van der Waals surface area contributed by atoms with E-state index in [9.17, 15) is 9.59 Å².